The molecule has 0 saturated carbocycles. The van der Waals surface area contributed by atoms with Gasteiger partial charge in [-0.05, 0) is 24.3 Å². The van der Waals surface area contributed by atoms with Crippen molar-refractivity contribution >= 4 is 41.5 Å². The minimum Gasteiger partial charge on any atom is -0.497 e. The standard InChI is InChI=1S/C23H31N5O3.HI/c1-24-23(25-16-18-9-10-20(30-2)15-21(18)31-3)26-17-22(29)28-13-11-27(12-14-28)19-7-5-4-6-8-19;/h4-10,15H,11-14,16-17H2,1-3H3,(H2,24,25,26);1H. The number of benzene rings is 2. The summed E-state index contributed by atoms with van der Waals surface area (Å²) in [6.45, 7) is 3.80. The van der Waals surface area contributed by atoms with Crippen LogP contribution in [0.5, 0.6) is 11.5 Å². The fourth-order valence-electron chi connectivity index (χ4n) is 3.52. The predicted octanol–water partition coefficient (Wildman–Crippen LogP) is 2.34. The predicted molar refractivity (Wildman–Crippen MR) is 138 cm³/mol. The quantitative estimate of drug-likeness (QED) is 0.312. The number of carbonyl (C=O) groups excluding carboxylic acids is 1. The van der Waals surface area contributed by atoms with Crippen molar-refractivity contribution in [1.82, 2.24) is 15.5 Å². The fourth-order valence-corrected chi connectivity index (χ4v) is 3.52. The highest BCUT2D eigenvalue weighted by Crippen LogP contribution is 2.24. The van der Waals surface area contributed by atoms with Gasteiger partial charge in [-0.1, -0.05) is 18.2 Å². The second-order valence-corrected chi connectivity index (χ2v) is 7.16. The molecule has 1 fully saturated rings. The third-order valence-corrected chi connectivity index (χ3v) is 5.32. The molecule has 0 atom stereocenters. The van der Waals surface area contributed by atoms with Gasteiger partial charge in [0.05, 0.1) is 20.8 Å². The zero-order valence-electron chi connectivity index (χ0n) is 18.8. The second kappa shape index (κ2) is 13.0. The molecule has 0 aromatic heterocycles. The van der Waals surface area contributed by atoms with E-state index >= 15 is 0 Å². The van der Waals surface area contributed by atoms with Gasteiger partial charge in [0.15, 0.2) is 5.96 Å². The van der Waals surface area contributed by atoms with Crippen LogP contribution >= 0.6 is 24.0 Å². The molecule has 3 rings (SSSR count). The molecule has 9 heteroatoms. The molecule has 1 aliphatic heterocycles. The minimum atomic E-state index is 0. The molecule has 0 radical (unpaired) electrons. The van der Waals surface area contributed by atoms with E-state index in [1.807, 2.05) is 41.3 Å². The Bertz CT molecular complexity index is 886. The Labute approximate surface area is 207 Å². The number of methoxy groups -OCH3 is 2. The Hall–Kier alpha value is -2.69. The van der Waals surface area contributed by atoms with Crippen molar-refractivity contribution in [3.8, 4) is 11.5 Å². The van der Waals surface area contributed by atoms with Gasteiger partial charge in [-0.3, -0.25) is 9.79 Å². The summed E-state index contributed by atoms with van der Waals surface area (Å²) in [5, 5.41) is 6.33. The van der Waals surface area contributed by atoms with Crippen LogP contribution in [0.4, 0.5) is 5.69 Å². The first-order valence-electron chi connectivity index (χ1n) is 10.4. The Morgan fingerprint density at radius 3 is 2.34 bits per heavy atom. The number of guanidine groups is 1. The van der Waals surface area contributed by atoms with E-state index in [4.69, 9.17) is 9.47 Å². The van der Waals surface area contributed by atoms with Gasteiger partial charge in [0, 0.05) is 57.1 Å². The van der Waals surface area contributed by atoms with Crippen LogP contribution < -0.4 is 25.0 Å². The fraction of sp³-hybridized carbons (Fsp3) is 0.391. The van der Waals surface area contributed by atoms with Gasteiger partial charge >= 0.3 is 0 Å². The molecule has 32 heavy (non-hydrogen) atoms. The van der Waals surface area contributed by atoms with Gasteiger partial charge in [-0.15, -0.1) is 24.0 Å². The number of halogens is 1. The zero-order valence-corrected chi connectivity index (χ0v) is 21.2. The highest BCUT2D eigenvalue weighted by Gasteiger charge is 2.21. The van der Waals surface area contributed by atoms with Crippen molar-refractivity contribution in [1.29, 1.82) is 0 Å². The van der Waals surface area contributed by atoms with Crippen LogP contribution in [0, 0.1) is 0 Å². The number of nitrogens with one attached hydrogen (secondary N) is 2. The third-order valence-electron chi connectivity index (χ3n) is 5.32. The first-order chi connectivity index (χ1) is 15.1. The topological polar surface area (TPSA) is 78.4 Å². The van der Waals surface area contributed by atoms with Gasteiger partial charge in [0.25, 0.3) is 0 Å². The monoisotopic (exact) mass is 553 g/mol. The van der Waals surface area contributed by atoms with Crippen molar-refractivity contribution in [2.24, 2.45) is 4.99 Å². The number of hydrogen-bond donors (Lipinski definition) is 2. The zero-order chi connectivity index (χ0) is 22.1. The number of piperazine rings is 1. The SMILES string of the molecule is CN=C(NCC(=O)N1CCN(c2ccccc2)CC1)NCc1ccc(OC)cc1OC.I. The summed E-state index contributed by atoms with van der Waals surface area (Å²) >= 11 is 0. The minimum absolute atomic E-state index is 0. The molecule has 0 spiro atoms. The van der Waals surface area contributed by atoms with Crippen molar-refractivity contribution in [2.45, 2.75) is 6.54 Å². The molecule has 2 aromatic carbocycles. The Kier molecular flexibility index (Phi) is 10.4. The van der Waals surface area contributed by atoms with Gasteiger partial charge in [-0.2, -0.15) is 0 Å². The molecular weight excluding hydrogens is 521 g/mol. The summed E-state index contributed by atoms with van der Waals surface area (Å²) in [6, 6.07) is 16.0. The van der Waals surface area contributed by atoms with E-state index in [0.717, 1.165) is 30.2 Å². The van der Waals surface area contributed by atoms with Crippen LogP contribution in [-0.2, 0) is 11.3 Å². The number of amides is 1. The van der Waals surface area contributed by atoms with Crippen LogP contribution in [0.3, 0.4) is 0 Å². The van der Waals surface area contributed by atoms with E-state index in [0.29, 0.717) is 25.6 Å². The van der Waals surface area contributed by atoms with Gasteiger partial charge in [0.1, 0.15) is 11.5 Å². The summed E-state index contributed by atoms with van der Waals surface area (Å²) < 4.78 is 10.7. The number of nitrogens with zero attached hydrogens (tertiary/aromatic N) is 3. The molecule has 2 N–H and O–H groups in total. The molecule has 8 nitrogen and oxygen atoms in total. The van der Waals surface area contributed by atoms with E-state index in [9.17, 15) is 4.79 Å². The number of hydrogen-bond acceptors (Lipinski definition) is 5. The molecular formula is C23H32IN5O3. The molecule has 1 amide bonds. The Morgan fingerprint density at radius 2 is 1.72 bits per heavy atom. The highest BCUT2D eigenvalue weighted by atomic mass is 127. The number of aliphatic imine (C=N–C) groups is 1. The summed E-state index contributed by atoms with van der Waals surface area (Å²) in [7, 11) is 4.93. The molecule has 1 saturated heterocycles. The van der Waals surface area contributed by atoms with Gasteiger partial charge < -0.3 is 29.9 Å². The van der Waals surface area contributed by atoms with Crippen LogP contribution in [0.25, 0.3) is 0 Å². The van der Waals surface area contributed by atoms with Crippen LogP contribution in [0.15, 0.2) is 53.5 Å². The van der Waals surface area contributed by atoms with Gasteiger partial charge in [-0.25, -0.2) is 0 Å². The number of para-hydroxylation sites is 1. The van der Waals surface area contributed by atoms with E-state index < -0.39 is 0 Å². The largest absolute Gasteiger partial charge is 0.497 e. The average Bonchev–Trinajstić information content (AvgIpc) is 2.84. The maximum atomic E-state index is 12.6. The van der Waals surface area contributed by atoms with E-state index in [1.165, 1.54) is 5.69 Å². The average molecular weight is 553 g/mol. The van der Waals surface area contributed by atoms with Crippen molar-refractivity contribution < 1.29 is 14.3 Å². The third kappa shape index (κ3) is 6.91. The number of carbonyl (C=O) groups is 1. The lowest BCUT2D eigenvalue weighted by Gasteiger charge is -2.36. The molecule has 0 aliphatic carbocycles. The summed E-state index contributed by atoms with van der Waals surface area (Å²) in [5.74, 6) is 2.10. The second-order valence-electron chi connectivity index (χ2n) is 7.16. The number of anilines is 1. The van der Waals surface area contributed by atoms with Crippen molar-refractivity contribution in [3.05, 3.63) is 54.1 Å². The van der Waals surface area contributed by atoms with Crippen molar-refractivity contribution in [2.75, 3.05) is 58.9 Å². The molecule has 174 valence electrons. The first kappa shape index (κ1) is 25.6. The normalized spacial score (nSPS) is 13.8. The lowest BCUT2D eigenvalue weighted by Crippen LogP contribution is -2.52. The summed E-state index contributed by atoms with van der Waals surface area (Å²) in [4.78, 5) is 21.0. The van der Waals surface area contributed by atoms with Crippen LogP contribution in [0.1, 0.15) is 5.56 Å². The number of rotatable bonds is 7. The van der Waals surface area contributed by atoms with Crippen molar-refractivity contribution in [3.63, 3.8) is 0 Å². The molecule has 1 heterocycles. The number of ether oxygens (including phenoxy) is 2. The lowest BCUT2D eigenvalue weighted by molar-refractivity contribution is -0.130. The molecule has 1 aliphatic rings. The summed E-state index contributed by atoms with van der Waals surface area (Å²) in [6.07, 6.45) is 0. The summed E-state index contributed by atoms with van der Waals surface area (Å²) in [5.41, 5.74) is 2.17. The van der Waals surface area contributed by atoms with E-state index in [1.54, 1.807) is 21.3 Å². The van der Waals surface area contributed by atoms with Gasteiger partial charge in [0.2, 0.25) is 5.91 Å². The maximum absolute atomic E-state index is 12.6. The van der Waals surface area contributed by atoms with Crippen LogP contribution in [-0.4, -0.2) is 70.8 Å². The smallest absolute Gasteiger partial charge is 0.242 e. The lowest BCUT2D eigenvalue weighted by atomic mass is 10.2. The van der Waals surface area contributed by atoms with Crippen LogP contribution in [0.2, 0.25) is 0 Å². The molecule has 2 aromatic rings. The Balaban J connectivity index is 0.00000363. The molecule has 0 unspecified atom stereocenters. The highest BCUT2D eigenvalue weighted by molar-refractivity contribution is 14.0. The maximum Gasteiger partial charge on any atom is 0.242 e. The first-order valence-corrected chi connectivity index (χ1v) is 10.4. The Morgan fingerprint density at radius 1 is 1.00 bits per heavy atom. The molecule has 0 bridgehead atoms. The van der Waals surface area contributed by atoms with E-state index in [-0.39, 0.29) is 36.4 Å². The van der Waals surface area contributed by atoms with E-state index in [2.05, 4.69) is 32.7 Å².